The van der Waals surface area contributed by atoms with Crippen molar-refractivity contribution in [2.75, 3.05) is 5.73 Å². The topological polar surface area (TPSA) is 95.4 Å². The lowest BCUT2D eigenvalue weighted by atomic mass is 10.1. The molecule has 0 spiro atoms. The second-order valence-electron chi connectivity index (χ2n) is 3.84. The summed E-state index contributed by atoms with van der Waals surface area (Å²) in [7, 11) is 0. The monoisotopic (exact) mass is 276 g/mol. The zero-order valence-electron chi connectivity index (χ0n) is 9.96. The minimum absolute atomic E-state index is 0.120. The molecule has 4 N–H and O–H groups in total. The molecule has 0 radical (unpaired) electrons. The first-order chi connectivity index (χ1) is 9.08. The quantitative estimate of drug-likeness (QED) is 0.832. The summed E-state index contributed by atoms with van der Waals surface area (Å²) < 4.78 is 5.13. The summed E-state index contributed by atoms with van der Waals surface area (Å²) in [6.07, 6.45) is 0. The molecule has 2 rings (SSSR count). The fraction of sp³-hybridized carbons (Fsp3) is 0.0769. The number of amides is 1. The first-order valence-electron chi connectivity index (χ1n) is 5.47. The summed E-state index contributed by atoms with van der Waals surface area (Å²) >= 11 is 1.24. The van der Waals surface area contributed by atoms with Crippen LogP contribution in [0.4, 0.5) is 5.69 Å². The normalized spacial score (nSPS) is 10.1. The number of benzene rings is 1. The van der Waals surface area contributed by atoms with E-state index >= 15 is 0 Å². The second kappa shape index (κ2) is 5.53. The van der Waals surface area contributed by atoms with Gasteiger partial charge in [-0.1, -0.05) is 12.1 Å². The maximum Gasteiger partial charge on any atom is 0.350 e. The smallest absolute Gasteiger partial charge is 0.350 e. The molecule has 0 saturated carbocycles. The number of carbonyl (C=O) groups is 2. The summed E-state index contributed by atoms with van der Waals surface area (Å²) in [4.78, 5) is 23.0. The van der Waals surface area contributed by atoms with Gasteiger partial charge in [0, 0.05) is 5.56 Å². The van der Waals surface area contributed by atoms with Gasteiger partial charge in [0.1, 0.15) is 11.5 Å². The molecule has 0 aliphatic rings. The molecule has 0 aliphatic carbocycles. The van der Waals surface area contributed by atoms with Gasteiger partial charge in [-0.15, -0.1) is 11.3 Å². The number of primary amides is 1. The van der Waals surface area contributed by atoms with Crippen molar-refractivity contribution in [3.63, 3.8) is 0 Å². The van der Waals surface area contributed by atoms with E-state index in [-0.39, 0.29) is 6.61 Å². The van der Waals surface area contributed by atoms with Crippen molar-refractivity contribution in [1.82, 2.24) is 0 Å². The number of nitrogens with two attached hydrogens (primary N) is 2. The van der Waals surface area contributed by atoms with Crippen LogP contribution in [0.2, 0.25) is 0 Å². The summed E-state index contributed by atoms with van der Waals surface area (Å²) in [5.41, 5.74) is 12.4. The number of ether oxygens (including phenoxy) is 1. The Bertz CT molecular complexity index is 605. The molecule has 2 aromatic rings. The fourth-order valence-corrected chi connectivity index (χ4v) is 2.17. The maximum absolute atomic E-state index is 11.7. The van der Waals surface area contributed by atoms with Gasteiger partial charge in [0.05, 0.1) is 5.69 Å². The van der Waals surface area contributed by atoms with Gasteiger partial charge >= 0.3 is 5.97 Å². The summed E-state index contributed by atoms with van der Waals surface area (Å²) in [6, 6.07) is 8.20. The SMILES string of the molecule is NC(=O)c1ccc(COC(=O)c2sccc2N)cc1. The first kappa shape index (κ1) is 13.1. The summed E-state index contributed by atoms with van der Waals surface area (Å²) in [5, 5.41) is 1.73. The number of hydrogen-bond donors (Lipinski definition) is 2. The van der Waals surface area contributed by atoms with Crippen LogP contribution < -0.4 is 11.5 Å². The zero-order chi connectivity index (χ0) is 13.8. The van der Waals surface area contributed by atoms with E-state index in [1.54, 1.807) is 35.7 Å². The Labute approximate surface area is 113 Å². The number of hydrogen-bond acceptors (Lipinski definition) is 5. The van der Waals surface area contributed by atoms with Gasteiger partial charge < -0.3 is 16.2 Å². The highest BCUT2D eigenvalue weighted by atomic mass is 32.1. The predicted molar refractivity (Wildman–Crippen MR) is 72.8 cm³/mol. The van der Waals surface area contributed by atoms with Crippen LogP contribution in [0.25, 0.3) is 0 Å². The number of carbonyl (C=O) groups excluding carboxylic acids is 2. The molecule has 6 heteroatoms. The lowest BCUT2D eigenvalue weighted by Crippen LogP contribution is -2.11. The average Bonchev–Trinajstić information content (AvgIpc) is 2.83. The van der Waals surface area contributed by atoms with E-state index in [2.05, 4.69) is 0 Å². The lowest BCUT2D eigenvalue weighted by molar-refractivity contribution is 0.0479. The van der Waals surface area contributed by atoms with Gasteiger partial charge in [-0.2, -0.15) is 0 Å². The molecular formula is C13H12N2O3S. The molecule has 1 aromatic heterocycles. The Kier molecular flexibility index (Phi) is 3.82. The van der Waals surface area contributed by atoms with Crippen LogP contribution in [0.15, 0.2) is 35.7 Å². The van der Waals surface area contributed by atoms with Crippen LogP contribution in [0.3, 0.4) is 0 Å². The van der Waals surface area contributed by atoms with Crippen LogP contribution in [-0.4, -0.2) is 11.9 Å². The van der Waals surface area contributed by atoms with Crippen molar-refractivity contribution in [1.29, 1.82) is 0 Å². The largest absolute Gasteiger partial charge is 0.457 e. The Morgan fingerprint density at radius 2 is 1.84 bits per heavy atom. The molecule has 0 unspecified atom stereocenters. The molecule has 98 valence electrons. The number of rotatable bonds is 4. The Morgan fingerprint density at radius 3 is 2.37 bits per heavy atom. The van der Waals surface area contributed by atoms with E-state index in [0.717, 1.165) is 5.56 Å². The van der Waals surface area contributed by atoms with Crippen molar-refractivity contribution in [3.05, 3.63) is 51.7 Å². The lowest BCUT2D eigenvalue weighted by Gasteiger charge is -2.04. The third-order valence-corrected chi connectivity index (χ3v) is 3.40. The van der Waals surface area contributed by atoms with E-state index in [1.165, 1.54) is 11.3 Å². The molecule has 5 nitrogen and oxygen atoms in total. The standard InChI is InChI=1S/C13H12N2O3S/c14-10-5-6-19-11(10)13(17)18-7-8-1-3-9(4-2-8)12(15)16/h1-6H,7,14H2,(H2,15,16). The molecule has 0 aliphatic heterocycles. The Hall–Kier alpha value is -2.34. The highest BCUT2D eigenvalue weighted by Crippen LogP contribution is 2.20. The molecule has 0 bridgehead atoms. The minimum Gasteiger partial charge on any atom is -0.457 e. The van der Waals surface area contributed by atoms with Crippen LogP contribution in [0.5, 0.6) is 0 Å². The van der Waals surface area contributed by atoms with Crippen LogP contribution >= 0.6 is 11.3 Å². The number of thiophene rings is 1. The van der Waals surface area contributed by atoms with E-state index in [0.29, 0.717) is 16.1 Å². The van der Waals surface area contributed by atoms with E-state index in [9.17, 15) is 9.59 Å². The van der Waals surface area contributed by atoms with Gasteiger partial charge in [-0.3, -0.25) is 4.79 Å². The maximum atomic E-state index is 11.7. The van der Waals surface area contributed by atoms with E-state index < -0.39 is 11.9 Å². The summed E-state index contributed by atoms with van der Waals surface area (Å²) in [6.45, 7) is 0.120. The molecular weight excluding hydrogens is 264 g/mol. The molecule has 1 amide bonds. The second-order valence-corrected chi connectivity index (χ2v) is 4.76. The Morgan fingerprint density at radius 1 is 1.16 bits per heavy atom. The van der Waals surface area contributed by atoms with Crippen molar-refractivity contribution in [3.8, 4) is 0 Å². The van der Waals surface area contributed by atoms with Gasteiger partial charge in [0.15, 0.2) is 0 Å². The van der Waals surface area contributed by atoms with Crippen molar-refractivity contribution < 1.29 is 14.3 Å². The number of esters is 1. The molecule has 0 saturated heterocycles. The molecule has 0 atom stereocenters. The minimum atomic E-state index is -0.491. The van der Waals surface area contributed by atoms with E-state index in [1.807, 2.05) is 0 Å². The highest BCUT2D eigenvalue weighted by Gasteiger charge is 2.12. The molecule has 1 heterocycles. The van der Waals surface area contributed by atoms with Gasteiger partial charge in [-0.05, 0) is 29.1 Å². The van der Waals surface area contributed by atoms with Crippen molar-refractivity contribution in [2.24, 2.45) is 5.73 Å². The van der Waals surface area contributed by atoms with Gasteiger partial charge in [0.2, 0.25) is 5.91 Å². The molecule has 19 heavy (non-hydrogen) atoms. The van der Waals surface area contributed by atoms with Crippen molar-refractivity contribution in [2.45, 2.75) is 6.61 Å². The average molecular weight is 276 g/mol. The number of nitrogen functional groups attached to an aromatic ring is 1. The third kappa shape index (κ3) is 3.11. The molecule has 0 fully saturated rings. The van der Waals surface area contributed by atoms with Gasteiger partial charge in [-0.25, -0.2) is 4.79 Å². The fourth-order valence-electron chi connectivity index (χ4n) is 1.46. The first-order valence-corrected chi connectivity index (χ1v) is 6.34. The van der Waals surface area contributed by atoms with Crippen molar-refractivity contribution >= 4 is 28.9 Å². The predicted octanol–water partition coefficient (Wildman–Crippen LogP) is 1.79. The van der Waals surface area contributed by atoms with Gasteiger partial charge in [0.25, 0.3) is 0 Å². The molecule has 1 aromatic carbocycles. The van der Waals surface area contributed by atoms with E-state index in [4.69, 9.17) is 16.2 Å². The van der Waals surface area contributed by atoms with Crippen LogP contribution in [-0.2, 0) is 11.3 Å². The van der Waals surface area contributed by atoms with Crippen LogP contribution in [0.1, 0.15) is 25.6 Å². The van der Waals surface area contributed by atoms with Crippen LogP contribution in [0, 0.1) is 0 Å². The highest BCUT2D eigenvalue weighted by molar-refractivity contribution is 7.12. The zero-order valence-corrected chi connectivity index (χ0v) is 10.8. The third-order valence-electron chi connectivity index (χ3n) is 2.49. The summed E-state index contributed by atoms with van der Waals surface area (Å²) in [5.74, 6) is -0.943. The number of anilines is 1. The Balaban J connectivity index is 1.97.